The van der Waals surface area contributed by atoms with Crippen molar-refractivity contribution < 1.29 is 0 Å². The molecule has 2 fully saturated rings. The molecule has 1 nitrogen and oxygen atoms in total. The Labute approximate surface area is 134 Å². The number of benzene rings is 2. The average Bonchev–Trinajstić information content (AvgIpc) is 2.56. The monoisotopic (exact) mass is 291 g/mol. The summed E-state index contributed by atoms with van der Waals surface area (Å²) in [6.07, 6.45) is 4.10. The highest BCUT2D eigenvalue weighted by Crippen LogP contribution is 2.54. The van der Waals surface area contributed by atoms with E-state index in [0.29, 0.717) is 0 Å². The molecule has 2 unspecified atom stereocenters. The zero-order chi connectivity index (χ0) is 15.0. The summed E-state index contributed by atoms with van der Waals surface area (Å²) < 4.78 is 0. The van der Waals surface area contributed by atoms with Gasteiger partial charge >= 0.3 is 0 Å². The van der Waals surface area contributed by atoms with Crippen LogP contribution in [0.1, 0.15) is 30.4 Å². The minimum Gasteiger partial charge on any atom is -0.306 e. The second-order valence-corrected chi connectivity index (χ2v) is 7.15. The van der Waals surface area contributed by atoms with Gasteiger partial charge in [0.25, 0.3) is 0 Å². The van der Waals surface area contributed by atoms with E-state index in [9.17, 15) is 0 Å². The minimum atomic E-state index is 0.216. The summed E-state index contributed by atoms with van der Waals surface area (Å²) >= 11 is 0. The minimum absolute atomic E-state index is 0.216. The van der Waals surface area contributed by atoms with Gasteiger partial charge in [0.15, 0.2) is 0 Å². The van der Waals surface area contributed by atoms with E-state index in [1.54, 1.807) is 0 Å². The molecule has 2 aromatic carbocycles. The summed E-state index contributed by atoms with van der Waals surface area (Å²) in [5.74, 6) is 1.46. The fourth-order valence-corrected chi connectivity index (χ4v) is 5.23. The SMILES string of the molecule is CN1CC2CCCC(C1)C2(c1ccccc1)c1ccccc1. The van der Waals surface area contributed by atoms with Crippen molar-refractivity contribution >= 4 is 0 Å². The molecule has 4 rings (SSSR count). The van der Waals surface area contributed by atoms with E-state index in [4.69, 9.17) is 0 Å². The van der Waals surface area contributed by atoms with E-state index in [2.05, 4.69) is 72.6 Å². The molecule has 2 bridgehead atoms. The molecule has 1 aliphatic carbocycles. The van der Waals surface area contributed by atoms with Gasteiger partial charge in [0, 0.05) is 18.5 Å². The van der Waals surface area contributed by atoms with Crippen LogP contribution in [0.2, 0.25) is 0 Å². The first-order chi connectivity index (χ1) is 10.8. The molecule has 1 heteroatoms. The van der Waals surface area contributed by atoms with Crippen molar-refractivity contribution in [1.29, 1.82) is 0 Å². The highest BCUT2D eigenvalue weighted by Gasteiger charge is 2.52. The molecule has 2 atom stereocenters. The Hall–Kier alpha value is -1.60. The molecule has 2 aromatic rings. The normalized spacial score (nSPS) is 27.5. The number of likely N-dealkylation sites (tertiary alicyclic amines) is 1. The van der Waals surface area contributed by atoms with Gasteiger partial charge in [-0.3, -0.25) is 0 Å². The number of nitrogens with zero attached hydrogens (tertiary/aromatic N) is 1. The molecule has 1 heterocycles. The number of rotatable bonds is 2. The second-order valence-electron chi connectivity index (χ2n) is 7.15. The molecular weight excluding hydrogens is 266 g/mol. The highest BCUT2D eigenvalue weighted by molar-refractivity contribution is 5.43. The fraction of sp³-hybridized carbons (Fsp3) is 0.429. The molecule has 22 heavy (non-hydrogen) atoms. The van der Waals surface area contributed by atoms with Gasteiger partial charge in [0.1, 0.15) is 0 Å². The summed E-state index contributed by atoms with van der Waals surface area (Å²) in [5, 5.41) is 0. The quantitative estimate of drug-likeness (QED) is 0.796. The Morgan fingerprint density at radius 1 is 0.773 bits per heavy atom. The number of hydrogen-bond donors (Lipinski definition) is 0. The van der Waals surface area contributed by atoms with Crippen molar-refractivity contribution in [3.63, 3.8) is 0 Å². The summed E-state index contributed by atoms with van der Waals surface area (Å²) in [6.45, 7) is 2.45. The van der Waals surface area contributed by atoms with Gasteiger partial charge < -0.3 is 4.90 Å². The molecule has 0 spiro atoms. The number of piperidine rings is 1. The first kappa shape index (κ1) is 14.0. The molecule has 1 saturated carbocycles. The molecule has 0 radical (unpaired) electrons. The van der Waals surface area contributed by atoms with Crippen molar-refractivity contribution in [1.82, 2.24) is 4.90 Å². The molecule has 1 aliphatic heterocycles. The molecule has 0 N–H and O–H groups in total. The lowest BCUT2D eigenvalue weighted by molar-refractivity contribution is 0.0300. The van der Waals surface area contributed by atoms with Crippen LogP contribution in [0.25, 0.3) is 0 Å². The summed E-state index contributed by atoms with van der Waals surface area (Å²) in [7, 11) is 2.30. The smallest absolute Gasteiger partial charge is 0.0283 e. The molecule has 0 aromatic heterocycles. The predicted octanol–water partition coefficient (Wildman–Crippen LogP) is 4.33. The van der Waals surface area contributed by atoms with Crippen LogP contribution in [-0.4, -0.2) is 25.0 Å². The van der Waals surface area contributed by atoms with E-state index < -0.39 is 0 Å². The van der Waals surface area contributed by atoms with Gasteiger partial charge in [-0.25, -0.2) is 0 Å². The third-order valence-corrected chi connectivity index (χ3v) is 5.96. The molecule has 0 amide bonds. The van der Waals surface area contributed by atoms with Crippen LogP contribution in [0.4, 0.5) is 0 Å². The van der Waals surface area contributed by atoms with Gasteiger partial charge in [0.05, 0.1) is 0 Å². The van der Waals surface area contributed by atoms with Crippen LogP contribution in [0.3, 0.4) is 0 Å². The zero-order valence-corrected chi connectivity index (χ0v) is 13.4. The van der Waals surface area contributed by atoms with Gasteiger partial charge in [0.2, 0.25) is 0 Å². The molecule has 114 valence electrons. The van der Waals surface area contributed by atoms with Gasteiger partial charge in [-0.1, -0.05) is 67.1 Å². The topological polar surface area (TPSA) is 3.24 Å². The Balaban J connectivity index is 1.93. The standard InChI is InChI=1S/C21H25N/c1-22-15-19-13-8-14-20(16-22)21(19,17-9-4-2-5-10-17)18-11-6-3-7-12-18/h2-7,9-12,19-20H,8,13-16H2,1H3. The van der Waals surface area contributed by atoms with Crippen molar-refractivity contribution in [2.24, 2.45) is 11.8 Å². The lowest BCUT2D eigenvalue weighted by Crippen LogP contribution is -2.57. The van der Waals surface area contributed by atoms with Gasteiger partial charge in [-0.05, 0) is 42.9 Å². The maximum Gasteiger partial charge on any atom is 0.0283 e. The van der Waals surface area contributed by atoms with Crippen molar-refractivity contribution in [2.45, 2.75) is 24.7 Å². The van der Waals surface area contributed by atoms with Crippen LogP contribution in [0, 0.1) is 11.8 Å². The average molecular weight is 291 g/mol. The zero-order valence-electron chi connectivity index (χ0n) is 13.4. The first-order valence-corrected chi connectivity index (χ1v) is 8.61. The largest absolute Gasteiger partial charge is 0.306 e. The number of fused-ring (bicyclic) bond motifs is 2. The Morgan fingerprint density at radius 2 is 1.23 bits per heavy atom. The van der Waals surface area contributed by atoms with E-state index in [-0.39, 0.29) is 5.41 Å². The van der Waals surface area contributed by atoms with Crippen molar-refractivity contribution in [2.75, 3.05) is 20.1 Å². The van der Waals surface area contributed by atoms with Gasteiger partial charge in [-0.15, -0.1) is 0 Å². The molecule has 2 aliphatic rings. The van der Waals surface area contributed by atoms with Crippen LogP contribution in [-0.2, 0) is 5.41 Å². The van der Waals surface area contributed by atoms with Gasteiger partial charge in [-0.2, -0.15) is 0 Å². The summed E-state index contributed by atoms with van der Waals surface area (Å²) in [6, 6.07) is 22.6. The second kappa shape index (κ2) is 5.55. The Morgan fingerprint density at radius 3 is 1.68 bits per heavy atom. The molecule has 1 saturated heterocycles. The third-order valence-electron chi connectivity index (χ3n) is 5.96. The van der Waals surface area contributed by atoms with E-state index in [0.717, 1.165) is 11.8 Å². The maximum absolute atomic E-state index is 2.55. The van der Waals surface area contributed by atoms with Crippen LogP contribution in [0.15, 0.2) is 60.7 Å². The summed E-state index contributed by atoms with van der Waals surface area (Å²) in [4.78, 5) is 2.55. The Kier molecular flexibility index (Phi) is 3.54. The summed E-state index contributed by atoms with van der Waals surface area (Å²) in [5.41, 5.74) is 3.28. The van der Waals surface area contributed by atoms with E-state index >= 15 is 0 Å². The van der Waals surface area contributed by atoms with Crippen molar-refractivity contribution in [3.8, 4) is 0 Å². The van der Waals surface area contributed by atoms with Crippen LogP contribution < -0.4 is 0 Å². The van der Waals surface area contributed by atoms with E-state index in [1.165, 1.54) is 43.5 Å². The lowest BCUT2D eigenvalue weighted by Gasteiger charge is -2.56. The fourth-order valence-electron chi connectivity index (χ4n) is 5.23. The van der Waals surface area contributed by atoms with Crippen molar-refractivity contribution in [3.05, 3.63) is 71.8 Å². The molecular formula is C21H25N. The maximum atomic E-state index is 2.55. The predicted molar refractivity (Wildman–Crippen MR) is 92.0 cm³/mol. The van der Waals surface area contributed by atoms with Crippen LogP contribution in [0.5, 0.6) is 0 Å². The number of hydrogen-bond acceptors (Lipinski definition) is 1. The van der Waals surface area contributed by atoms with Crippen LogP contribution >= 0.6 is 0 Å². The lowest BCUT2D eigenvalue weighted by atomic mass is 9.52. The first-order valence-electron chi connectivity index (χ1n) is 8.61. The highest BCUT2D eigenvalue weighted by atomic mass is 15.1. The van der Waals surface area contributed by atoms with E-state index in [1.807, 2.05) is 0 Å². The third kappa shape index (κ3) is 2.03. The Bertz CT molecular complexity index is 563.